The molecular weight excluding hydrogens is 295 g/mol. The van der Waals surface area contributed by atoms with Gasteiger partial charge in [-0.3, -0.25) is 0 Å². The smallest absolute Gasteiger partial charge is 0.141 e. The van der Waals surface area contributed by atoms with Gasteiger partial charge in [-0.25, -0.2) is 4.39 Å². The molecule has 2 aromatic rings. The van der Waals surface area contributed by atoms with Crippen LogP contribution in [-0.4, -0.2) is 22.8 Å². The van der Waals surface area contributed by atoms with Gasteiger partial charge in [0.05, 0.1) is 5.02 Å². The first-order valence-electron chi connectivity index (χ1n) is 6.94. The first-order chi connectivity index (χ1) is 10.1. The van der Waals surface area contributed by atoms with Gasteiger partial charge in [0, 0.05) is 18.5 Å². The van der Waals surface area contributed by atoms with Gasteiger partial charge in [0.25, 0.3) is 0 Å². The Morgan fingerprint density at radius 2 is 2.33 bits per heavy atom. The second kappa shape index (κ2) is 6.13. The zero-order valence-electron chi connectivity index (χ0n) is 11.4. The van der Waals surface area contributed by atoms with Crippen molar-refractivity contribution in [3.8, 4) is 0 Å². The van der Waals surface area contributed by atoms with Gasteiger partial charge in [-0.05, 0) is 37.1 Å². The molecule has 1 saturated heterocycles. The van der Waals surface area contributed by atoms with E-state index >= 15 is 0 Å². The molecule has 0 bridgehead atoms. The molecule has 0 amide bonds. The average molecular weight is 311 g/mol. The molecule has 112 valence electrons. The van der Waals surface area contributed by atoms with Crippen LogP contribution in [0.15, 0.2) is 28.8 Å². The van der Waals surface area contributed by atoms with Crippen LogP contribution in [0.2, 0.25) is 5.02 Å². The molecule has 0 unspecified atom stereocenters. The number of rotatable bonds is 4. The summed E-state index contributed by atoms with van der Waals surface area (Å²) in [6.45, 7) is 0.917. The summed E-state index contributed by atoms with van der Waals surface area (Å²) in [6, 6.07) is 6.31. The number of aliphatic hydroxyl groups is 1. The number of aromatic nitrogens is 1. The molecule has 0 spiro atoms. The van der Waals surface area contributed by atoms with Gasteiger partial charge in [0.2, 0.25) is 0 Å². The van der Waals surface area contributed by atoms with Crippen molar-refractivity contribution in [1.29, 1.82) is 0 Å². The summed E-state index contributed by atoms with van der Waals surface area (Å²) in [6.07, 6.45) is 1.77. The van der Waals surface area contributed by atoms with E-state index in [2.05, 4.69) is 10.5 Å². The summed E-state index contributed by atoms with van der Waals surface area (Å²) in [4.78, 5) is 0. The SMILES string of the molecule is O[C@H](c1cc(Cc2ccc(F)c(Cl)c2)on1)[C@@H]1CCCN1. The lowest BCUT2D eigenvalue weighted by Crippen LogP contribution is -2.28. The van der Waals surface area contributed by atoms with Gasteiger partial charge >= 0.3 is 0 Å². The van der Waals surface area contributed by atoms with Crippen molar-refractivity contribution < 1.29 is 14.0 Å². The molecule has 1 aliphatic rings. The van der Waals surface area contributed by atoms with Crippen molar-refractivity contribution in [2.24, 2.45) is 0 Å². The van der Waals surface area contributed by atoms with E-state index in [4.69, 9.17) is 16.1 Å². The third kappa shape index (κ3) is 3.26. The molecular formula is C15H16ClFN2O2. The number of nitrogens with zero attached hydrogens (tertiary/aromatic N) is 1. The van der Waals surface area contributed by atoms with Crippen LogP contribution in [0.4, 0.5) is 4.39 Å². The summed E-state index contributed by atoms with van der Waals surface area (Å²) in [5, 5.41) is 17.5. The standard InChI is InChI=1S/C15H16ClFN2O2/c16-11-7-9(3-4-12(11)17)6-10-8-14(19-21-10)15(20)13-2-1-5-18-13/h3-4,7-8,13,15,18,20H,1-2,5-6H2/t13-,15-/m0/s1. The molecule has 6 heteroatoms. The Bertz CT molecular complexity index is 626. The Morgan fingerprint density at radius 1 is 1.48 bits per heavy atom. The molecule has 2 heterocycles. The number of benzene rings is 1. The third-order valence-electron chi connectivity index (χ3n) is 3.72. The predicted molar refractivity (Wildman–Crippen MR) is 76.7 cm³/mol. The van der Waals surface area contributed by atoms with E-state index in [9.17, 15) is 9.50 Å². The molecule has 0 saturated carbocycles. The van der Waals surface area contributed by atoms with Crippen molar-refractivity contribution in [2.45, 2.75) is 31.4 Å². The lowest BCUT2D eigenvalue weighted by atomic mass is 10.1. The van der Waals surface area contributed by atoms with Crippen molar-refractivity contribution in [3.05, 3.63) is 52.1 Å². The maximum absolute atomic E-state index is 13.1. The summed E-state index contributed by atoms with van der Waals surface area (Å²) in [7, 11) is 0. The van der Waals surface area contributed by atoms with Crippen molar-refractivity contribution in [2.75, 3.05) is 6.54 Å². The Labute approximate surface area is 126 Å². The highest BCUT2D eigenvalue weighted by molar-refractivity contribution is 6.30. The Morgan fingerprint density at radius 3 is 3.05 bits per heavy atom. The van der Waals surface area contributed by atoms with Gasteiger partial charge in [0.15, 0.2) is 0 Å². The van der Waals surface area contributed by atoms with Gasteiger partial charge in [-0.2, -0.15) is 0 Å². The van der Waals surface area contributed by atoms with Gasteiger partial charge in [0.1, 0.15) is 23.4 Å². The highest BCUT2D eigenvalue weighted by Gasteiger charge is 2.26. The van der Waals surface area contributed by atoms with Crippen LogP contribution in [0.5, 0.6) is 0 Å². The molecule has 0 aliphatic carbocycles. The highest BCUT2D eigenvalue weighted by Crippen LogP contribution is 2.24. The van der Waals surface area contributed by atoms with Crippen molar-refractivity contribution >= 4 is 11.6 Å². The normalized spacial score (nSPS) is 19.9. The highest BCUT2D eigenvalue weighted by atomic mass is 35.5. The maximum atomic E-state index is 13.1. The molecule has 3 rings (SSSR count). The molecule has 0 radical (unpaired) electrons. The number of halogens is 2. The molecule has 1 fully saturated rings. The number of nitrogens with one attached hydrogen (secondary N) is 1. The molecule has 21 heavy (non-hydrogen) atoms. The van der Waals surface area contributed by atoms with Crippen molar-refractivity contribution in [1.82, 2.24) is 10.5 Å². The molecule has 1 aromatic carbocycles. The Kier molecular flexibility index (Phi) is 4.24. The lowest BCUT2D eigenvalue weighted by molar-refractivity contribution is 0.128. The monoisotopic (exact) mass is 310 g/mol. The fourth-order valence-corrected chi connectivity index (χ4v) is 2.79. The third-order valence-corrected chi connectivity index (χ3v) is 4.01. The first-order valence-corrected chi connectivity index (χ1v) is 7.32. The molecule has 2 atom stereocenters. The average Bonchev–Trinajstić information content (AvgIpc) is 3.13. The fourth-order valence-electron chi connectivity index (χ4n) is 2.59. The van der Waals surface area contributed by atoms with E-state index in [1.165, 1.54) is 6.07 Å². The first kappa shape index (κ1) is 14.5. The Balaban J connectivity index is 1.70. The number of hydrogen-bond acceptors (Lipinski definition) is 4. The van der Waals surface area contributed by atoms with Crippen LogP contribution in [0.1, 0.15) is 36.0 Å². The number of aliphatic hydroxyl groups excluding tert-OH is 1. The molecule has 4 nitrogen and oxygen atoms in total. The van der Waals surface area contributed by atoms with Crippen LogP contribution in [0, 0.1) is 5.82 Å². The van der Waals surface area contributed by atoms with Gasteiger partial charge < -0.3 is 14.9 Å². The van der Waals surface area contributed by atoms with E-state index in [1.54, 1.807) is 18.2 Å². The van der Waals surface area contributed by atoms with Gasteiger partial charge in [-0.1, -0.05) is 22.8 Å². The largest absolute Gasteiger partial charge is 0.385 e. The van der Waals surface area contributed by atoms with Crippen LogP contribution >= 0.6 is 11.6 Å². The maximum Gasteiger partial charge on any atom is 0.141 e. The predicted octanol–water partition coefficient (Wildman–Crippen LogP) is 2.84. The zero-order chi connectivity index (χ0) is 14.8. The lowest BCUT2D eigenvalue weighted by Gasteiger charge is -2.14. The second-order valence-electron chi connectivity index (χ2n) is 5.29. The van der Waals surface area contributed by atoms with Crippen LogP contribution in [0.25, 0.3) is 0 Å². The van der Waals surface area contributed by atoms with Crippen LogP contribution < -0.4 is 5.32 Å². The zero-order valence-corrected chi connectivity index (χ0v) is 12.1. The summed E-state index contributed by atoms with van der Waals surface area (Å²) < 4.78 is 18.4. The quantitative estimate of drug-likeness (QED) is 0.911. The minimum absolute atomic E-state index is 0.0308. The molecule has 2 N–H and O–H groups in total. The van der Waals surface area contributed by atoms with E-state index in [0.29, 0.717) is 17.9 Å². The van der Waals surface area contributed by atoms with E-state index in [-0.39, 0.29) is 11.1 Å². The van der Waals surface area contributed by atoms with E-state index < -0.39 is 11.9 Å². The van der Waals surface area contributed by atoms with Gasteiger partial charge in [-0.15, -0.1) is 0 Å². The van der Waals surface area contributed by atoms with Crippen molar-refractivity contribution in [3.63, 3.8) is 0 Å². The van der Waals surface area contributed by atoms with E-state index in [1.807, 2.05) is 0 Å². The number of hydrogen-bond donors (Lipinski definition) is 2. The molecule has 1 aromatic heterocycles. The summed E-state index contributed by atoms with van der Waals surface area (Å²) in [5.41, 5.74) is 1.36. The van der Waals surface area contributed by atoms with Crippen LogP contribution in [-0.2, 0) is 6.42 Å². The summed E-state index contributed by atoms with van der Waals surface area (Å²) >= 11 is 5.75. The second-order valence-corrected chi connectivity index (χ2v) is 5.70. The fraction of sp³-hybridized carbons (Fsp3) is 0.400. The topological polar surface area (TPSA) is 58.3 Å². The Hall–Kier alpha value is -1.43. The minimum atomic E-state index is -0.665. The van der Waals surface area contributed by atoms with Crippen LogP contribution in [0.3, 0.4) is 0 Å². The molecule has 1 aliphatic heterocycles. The minimum Gasteiger partial charge on any atom is -0.385 e. The summed E-state index contributed by atoms with van der Waals surface area (Å²) in [5.74, 6) is 0.172. The van der Waals surface area contributed by atoms with E-state index in [0.717, 1.165) is 24.9 Å².